The summed E-state index contributed by atoms with van der Waals surface area (Å²) in [6, 6.07) is 52.5. The molecule has 0 fully saturated rings. The van der Waals surface area contributed by atoms with Crippen LogP contribution in [0.4, 0.5) is 0 Å². The molecule has 0 unspecified atom stereocenters. The molecule has 8 aromatic rings. The fourth-order valence-corrected chi connectivity index (χ4v) is 6.71. The van der Waals surface area contributed by atoms with Crippen LogP contribution in [0.5, 0.6) is 0 Å². The summed E-state index contributed by atoms with van der Waals surface area (Å²) in [4.78, 5) is 15.4. The van der Waals surface area contributed by atoms with E-state index in [1.807, 2.05) is 30.3 Å². The summed E-state index contributed by atoms with van der Waals surface area (Å²) in [6.45, 7) is 0. The molecular formula is C39H25N3S. The van der Waals surface area contributed by atoms with Crippen molar-refractivity contribution in [1.82, 2.24) is 15.0 Å². The van der Waals surface area contributed by atoms with Gasteiger partial charge in [-0.1, -0.05) is 127 Å². The van der Waals surface area contributed by atoms with Gasteiger partial charge in [0.2, 0.25) is 0 Å². The molecule has 202 valence electrons. The van der Waals surface area contributed by atoms with E-state index >= 15 is 0 Å². The molecule has 0 aliphatic carbocycles. The van der Waals surface area contributed by atoms with Gasteiger partial charge >= 0.3 is 0 Å². The standard InChI is InChI=1S/C39H25N3S/c1-4-13-26(14-5-1)31-24-33(27-15-6-2-7-16-27)40-34(25-31)29-19-12-20-30(23-29)36-38-37(32-21-10-11-22-35(32)43-38)42-39(41-36)28-17-8-3-9-18-28/h1-25H. The zero-order valence-electron chi connectivity index (χ0n) is 23.2. The minimum absolute atomic E-state index is 0.729. The summed E-state index contributed by atoms with van der Waals surface area (Å²) >= 11 is 1.75. The Morgan fingerprint density at radius 1 is 0.395 bits per heavy atom. The highest BCUT2D eigenvalue weighted by atomic mass is 32.1. The van der Waals surface area contributed by atoms with E-state index in [1.165, 1.54) is 4.70 Å². The topological polar surface area (TPSA) is 38.7 Å². The third-order valence-corrected chi connectivity index (χ3v) is 8.85. The van der Waals surface area contributed by atoms with Gasteiger partial charge < -0.3 is 0 Å². The van der Waals surface area contributed by atoms with E-state index < -0.39 is 0 Å². The van der Waals surface area contributed by atoms with Crippen LogP contribution in [0.3, 0.4) is 0 Å². The predicted octanol–water partition coefficient (Wildman–Crippen LogP) is 10.6. The van der Waals surface area contributed by atoms with Gasteiger partial charge in [-0.05, 0) is 35.4 Å². The summed E-state index contributed by atoms with van der Waals surface area (Å²) in [7, 11) is 0. The van der Waals surface area contributed by atoms with Gasteiger partial charge in [-0.15, -0.1) is 11.3 Å². The average molecular weight is 568 g/mol. The Labute approximate surface area is 253 Å². The molecule has 43 heavy (non-hydrogen) atoms. The molecule has 3 nitrogen and oxygen atoms in total. The highest BCUT2D eigenvalue weighted by Crippen LogP contribution is 2.40. The van der Waals surface area contributed by atoms with Crippen molar-refractivity contribution in [2.45, 2.75) is 0 Å². The van der Waals surface area contributed by atoms with Crippen molar-refractivity contribution < 1.29 is 0 Å². The summed E-state index contributed by atoms with van der Waals surface area (Å²) in [5.41, 5.74) is 10.3. The lowest BCUT2D eigenvalue weighted by molar-refractivity contribution is 1.24. The number of hydrogen-bond acceptors (Lipinski definition) is 4. The van der Waals surface area contributed by atoms with E-state index in [2.05, 4.69) is 121 Å². The van der Waals surface area contributed by atoms with Gasteiger partial charge in [0.05, 0.1) is 27.3 Å². The molecule has 0 saturated carbocycles. The second-order valence-corrected chi connectivity index (χ2v) is 11.5. The Morgan fingerprint density at radius 3 is 1.72 bits per heavy atom. The number of hydrogen-bond donors (Lipinski definition) is 0. The van der Waals surface area contributed by atoms with Crippen molar-refractivity contribution in [3.8, 4) is 56.3 Å². The van der Waals surface area contributed by atoms with Gasteiger partial charge in [-0.2, -0.15) is 0 Å². The normalized spacial score (nSPS) is 11.3. The molecule has 3 aromatic heterocycles. The molecule has 8 rings (SSSR count). The summed E-state index contributed by atoms with van der Waals surface area (Å²) in [5.74, 6) is 0.729. The number of aromatic nitrogens is 3. The van der Waals surface area contributed by atoms with E-state index in [0.717, 1.165) is 71.9 Å². The number of pyridine rings is 1. The van der Waals surface area contributed by atoms with Crippen LogP contribution in [0.15, 0.2) is 152 Å². The van der Waals surface area contributed by atoms with Crippen molar-refractivity contribution in [1.29, 1.82) is 0 Å². The Hall–Kier alpha value is -5.45. The Kier molecular flexibility index (Phi) is 6.32. The van der Waals surface area contributed by atoms with E-state index in [0.29, 0.717) is 0 Å². The van der Waals surface area contributed by atoms with Crippen LogP contribution in [-0.4, -0.2) is 15.0 Å². The van der Waals surface area contributed by atoms with Crippen LogP contribution >= 0.6 is 11.3 Å². The molecule has 0 aliphatic rings. The van der Waals surface area contributed by atoms with Crippen molar-refractivity contribution in [2.24, 2.45) is 0 Å². The number of thiophene rings is 1. The SMILES string of the molecule is c1ccc(-c2cc(-c3ccccc3)nc(-c3cccc(-c4nc(-c5ccccc5)nc5c4sc4ccccc45)c3)c2)cc1. The summed E-state index contributed by atoms with van der Waals surface area (Å²) in [5, 5.41) is 1.16. The lowest BCUT2D eigenvalue weighted by Gasteiger charge is -2.12. The highest BCUT2D eigenvalue weighted by Gasteiger charge is 2.17. The van der Waals surface area contributed by atoms with Gasteiger partial charge in [-0.25, -0.2) is 15.0 Å². The van der Waals surface area contributed by atoms with Gasteiger partial charge in [0.25, 0.3) is 0 Å². The molecule has 0 amide bonds. The molecular weight excluding hydrogens is 543 g/mol. The van der Waals surface area contributed by atoms with E-state index in [4.69, 9.17) is 15.0 Å². The van der Waals surface area contributed by atoms with Gasteiger partial charge in [0.15, 0.2) is 5.82 Å². The molecule has 0 atom stereocenters. The average Bonchev–Trinajstić information content (AvgIpc) is 3.48. The molecule has 0 N–H and O–H groups in total. The summed E-state index contributed by atoms with van der Waals surface area (Å²) in [6.07, 6.45) is 0. The molecule has 3 heterocycles. The Morgan fingerprint density at radius 2 is 0.977 bits per heavy atom. The largest absolute Gasteiger partial charge is 0.248 e. The van der Waals surface area contributed by atoms with Gasteiger partial charge in [0.1, 0.15) is 0 Å². The lowest BCUT2D eigenvalue weighted by Crippen LogP contribution is -1.94. The second-order valence-electron chi connectivity index (χ2n) is 10.5. The van der Waals surface area contributed by atoms with Crippen molar-refractivity contribution in [2.75, 3.05) is 0 Å². The third-order valence-electron chi connectivity index (χ3n) is 7.69. The fraction of sp³-hybridized carbons (Fsp3) is 0. The minimum atomic E-state index is 0.729. The summed E-state index contributed by atoms with van der Waals surface area (Å²) < 4.78 is 2.30. The maximum atomic E-state index is 5.18. The van der Waals surface area contributed by atoms with Crippen LogP contribution in [0.25, 0.3) is 76.6 Å². The first-order chi connectivity index (χ1) is 21.3. The minimum Gasteiger partial charge on any atom is -0.248 e. The second kappa shape index (κ2) is 10.8. The monoisotopic (exact) mass is 567 g/mol. The van der Waals surface area contributed by atoms with Crippen LogP contribution < -0.4 is 0 Å². The Balaban J connectivity index is 1.33. The predicted molar refractivity (Wildman–Crippen MR) is 180 cm³/mol. The number of fused-ring (bicyclic) bond motifs is 3. The first kappa shape index (κ1) is 25.3. The lowest BCUT2D eigenvalue weighted by atomic mass is 9.98. The van der Waals surface area contributed by atoms with E-state index in [1.54, 1.807) is 11.3 Å². The maximum Gasteiger partial charge on any atom is 0.160 e. The maximum absolute atomic E-state index is 5.18. The zero-order chi connectivity index (χ0) is 28.6. The molecule has 0 bridgehead atoms. The van der Waals surface area contributed by atoms with Crippen LogP contribution in [0.1, 0.15) is 0 Å². The van der Waals surface area contributed by atoms with E-state index in [9.17, 15) is 0 Å². The molecule has 5 aromatic carbocycles. The number of nitrogens with zero attached hydrogens (tertiary/aromatic N) is 3. The molecule has 0 saturated heterocycles. The first-order valence-electron chi connectivity index (χ1n) is 14.3. The zero-order valence-corrected chi connectivity index (χ0v) is 24.0. The van der Waals surface area contributed by atoms with Crippen molar-refractivity contribution in [3.05, 3.63) is 152 Å². The number of rotatable bonds is 5. The third kappa shape index (κ3) is 4.78. The molecule has 0 aliphatic heterocycles. The molecule has 0 spiro atoms. The first-order valence-corrected chi connectivity index (χ1v) is 15.1. The van der Waals surface area contributed by atoms with Crippen molar-refractivity contribution in [3.63, 3.8) is 0 Å². The van der Waals surface area contributed by atoms with Crippen LogP contribution in [0, 0.1) is 0 Å². The molecule has 4 heteroatoms. The number of benzene rings is 5. The Bertz CT molecular complexity index is 2170. The highest BCUT2D eigenvalue weighted by molar-refractivity contribution is 7.26. The fourth-order valence-electron chi connectivity index (χ4n) is 5.56. The molecule has 0 radical (unpaired) electrons. The van der Waals surface area contributed by atoms with Crippen LogP contribution in [0.2, 0.25) is 0 Å². The van der Waals surface area contributed by atoms with Gasteiger partial charge in [0, 0.05) is 32.3 Å². The van der Waals surface area contributed by atoms with Gasteiger partial charge in [-0.3, -0.25) is 0 Å². The van der Waals surface area contributed by atoms with Crippen LogP contribution in [-0.2, 0) is 0 Å². The van der Waals surface area contributed by atoms with Crippen molar-refractivity contribution >= 4 is 31.6 Å². The quantitative estimate of drug-likeness (QED) is 0.208. The smallest absolute Gasteiger partial charge is 0.160 e. The van der Waals surface area contributed by atoms with E-state index in [-0.39, 0.29) is 0 Å².